The monoisotopic (exact) mass is 358 g/mol. The van der Waals surface area contributed by atoms with E-state index in [1.54, 1.807) is 6.07 Å². The van der Waals surface area contributed by atoms with Crippen LogP contribution in [0.3, 0.4) is 0 Å². The van der Waals surface area contributed by atoms with Crippen molar-refractivity contribution in [3.05, 3.63) is 40.6 Å². The van der Waals surface area contributed by atoms with Gasteiger partial charge in [0.2, 0.25) is 11.6 Å². The highest BCUT2D eigenvalue weighted by Crippen LogP contribution is 2.27. The Hall–Kier alpha value is -3.83. The molecule has 3 aromatic rings. The van der Waals surface area contributed by atoms with Gasteiger partial charge >= 0.3 is 5.97 Å². The van der Waals surface area contributed by atoms with Crippen molar-refractivity contribution in [2.24, 2.45) is 24.3 Å². The molecule has 0 radical (unpaired) electrons. The zero-order chi connectivity index (χ0) is 18.8. The van der Waals surface area contributed by atoms with E-state index in [0.717, 1.165) is 4.68 Å². The van der Waals surface area contributed by atoms with E-state index in [2.05, 4.69) is 25.3 Å². The minimum atomic E-state index is -0.702. The Labute approximate surface area is 146 Å². The number of methoxy groups -OCH3 is 1. The Morgan fingerprint density at radius 1 is 1.19 bits per heavy atom. The van der Waals surface area contributed by atoms with Gasteiger partial charge in [0.05, 0.1) is 13.3 Å². The zero-order valence-corrected chi connectivity index (χ0v) is 14.1. The highest BCUT2D eigenvalue weighted by atomic mass is 16.5. The summed E-state index contributed by atoms with van der Waals surface area (Å²) in [6, 6.07) is 1.61. The molecular weight excluding hydrogens is 344 g/mol. The van der Waals surface area contributed by atoms with E-state index in [9.17, 15) is 14.7 Å². The first-order valence-electron chi connectivity index (χ1n) is 7.26. The molecule has 0 atom stereocenters. The van der Waals surface area contributed by atoms with E-state index >= 15 is 0 Å². The van der Waals surface area contributed by atoms with Gasteiger partial charge in [-0.15, -0.1) is 10.2 Å². The van der Waals surface area contributed by atoms with Crippen LogP contribution in [0.25, 0.3) is 5.95 Å². The van der Waals surface area contributed by atoms with Crippen LogP contribution in [-0.2, 0) is 18.8 Å². The lowest BCUT2D eigenvalue weighted by Gasteiger charge is -2.02. The van der Waals surface area contributed by atoms with E-state index in [1.807, 2.05) is 0 Å². The van der Waals surface area contributed by atoms with Crippen LogP contribution >= 0.6 is 0 Å². The number of esters is 1. The molecule has 26 heavy (non-hydrogen) atoms. The van der Waals surface area contributed by atoms with Crippen molar-refractivity contribution in [3.63, 3.8) is 0 Å². The molecular formula is C14H14N8O4. The molecule has 1 N–H and O–H groups in total. The second-order valence-corrected chi connectivity index (χ2v) is 5.06. The van der Waals surface area contributed by atoms with Crippen molar-refractivity contribution < 1.29 is 14.6 Å². The van der Waals surface area contributed by atoms with Gasteiger partial charge in [-0.3, -0.25) is 9.48 Å². The summed E-state index contributed by atoms with van der Waals surface area (Å²) < 4.78 is 8.22. The lowest BCUT2D eigenvalue weighted by Crippen LogP contribution is -2.16. The fourth-order valence-electron chi connectivity index (χ4n) is 2.10. The molecule has 3 rings (SSSR count). The van der Waals surface area contributed by atoms with Crippen molar-refractivity contribution in [1.29, 1.82) is 0 Å². The maximum atomic E-state index is 12.1. The van der Waals surface area contributed by atoms with Gasteiger partial charge in [-0.25, -0.2) is 19.4 Å². The number of nitrogens with zero attached hydrogens (tertiary/aromatic N) is 8. The van der Waals surface area contributed by atoms with Gasteiger partial charge in [0.25, 0.3) is 11.5 Å². The number of hydrogen-bond acceptors (Lipinski definition) is 9. The number of carbonyl (C=O) groups is 1. The van der Waals surface area contributed by atoms with E-state index in [4.69, 9.17) is 4.74 Å². The molecule has 0 saturated carbocycles. The predicted molar refractivity (Wildman–Crippen MR) is 87.0 cm³/mol. The fourth-order valence-corrected chi connectivity index (χ4v) is 2.10. The van der Waals surface area contributed by atoms with Crippen LogP contribution in [0.5, 0.6) is 5.88 Å². The third-order valence-electron chi connectivity index (χ3n) is 3.60. The summed E-state index contributed by atoms with van der Waals surface area (Å²) in [6.45, 7) is 0. The first-order valence-corrected chi connectivity index (χ1v) is 7.26. The van der Waals surface area contributed by atoms with Crippen LogP contribution < -0.4 is 5.56 Å². The first kappa shape index (κ1) is 17.0. The lowest BCUT2D eigenvalue weighted by molar-refractivity contribution is 0.0601. The molecule has 0 amide bonds. The van der Waals surface area contributed by atoms with Crippen LogP contribution in [0, 0.1) is 0 Å². The van der Waals surface area contributed by atoms with E-state index in [1.165, 1.54) is 49.2 Å². The first-order chi connectivity index (χ1) is 12.5. The maximum Gasteiger partial charge on any atom is 0.343 e. The van der Waals surface area contributed by atoms with Gasteiger partial charge in [0.15, 0.2) is 5.82 Å². The summed E-state index contributed by atoms with van der Waals surface area (Å²) in [5.41, 5.74) is -0.848. The lowest BCUT2D eigenvalue weighted by atomic mass is 10.3. The highest BCUT2D eigenvalue weighted by Gasteiger charge is 2.21. The largest absolute Gasteiger partial charge is 0.492 e. The van der Waals surface area contributed by atoms with Gasteiger partial charge in [-0.05, 0) is 6.07 Å². The standard InChI is InChI=1S/C14H14N8O4/c1-20-11(23)9(12(24)21(20)2)18-19-10-8(13(25)26-3)7-17-22(10)14-15-5-4-6-16-14/h4-7,23H,1-3H3. The highest BCUT2D eigenvalue weighted by molar-refractivity contribution is 5.93. The summed E-state index contributed by atoms with van der Waals surface area (Å²) in [7, 11) is 4.15. The van der Waals surface area contributed by atoms with Gasteiger partial charge in [0, 0.05) is 26.5 Å². The second-order valence-electron chi connectivity index (χ2n) is 5.06. The Balaban J connectivity index is 2.15. The van der Waals surface area contributed by atoms with E-state index in [-0.39, 0.29) is 28.9 Å². The maximum absolute atomic E-state index is 12.1. The summed E-state index contributed by atoms with van der Waals surface area (Å²) >= 11 is 0. The number of carbonyl (C=O) groups excluding carboxylic acids is 1. The Morgan fingerprint density at radius 3 is 2.46 bits per heavy atom. The molecule has 0 aliphatic rings. The number of aromatic hydroxyl groups is 1. The van der Waals surface area contributed by atoms with Crippen LogP contribution in [0.1, 0.15) is 10.4 Å². The number of rotatable bonds is 4. The van der Waals surface area contributed by atoms with Gasteiger partial charge < -0.3 is 9.84 Å². The Morgan fingerprint density at radius 2 is 1.88 bits per heavy atom. The minimum Gasteiger partial charge on any atom is -0.492 e. The summed E-state index contributed by atoms with van der Waals surface area (Å²) in [4.78, 5) is 32.1. The smallest absolute Gasteiger partial charge is 0.343 e. The van der Waals surface area contributed by atoms with Gasteiger partial charge in [0.1, 0.15) is 5.56 Å². The van der Waals surface area contributed by atoms with Crippen molar-refractivity contribution >= 4 is 17.5 Å². The molecule has 3 heterocycles. The van der Waals surface area contributed by atoms with Crippen LogP contribution in [-0.4, -0.2) is 47.3 Å². The summed E-state index contributed by atoms with van der Waals surface area (Å²) in [6.07, 6.45) is 4.20. The molecule has 0 unspecified atom stereocenters. The number of aromatic nitrogens is 6. The molecule has 0 fully saturated rings. The molecule has 12 nitrogen and oxygen atoms in total. The Bertz CT molecular complexity index is 1050. The second kappa shape index (κ2) is 6.58. The molecule has 12 heteroatoms. The molecule has 0 saturated heterocycles. The SMILES string of the molecule is COC(=O)c1cnn(-c2ncccn2)c1N=Nc1c(O)n(C)n(C)c1=O. The van der Waals surface area contributed by atoms with E-state index < -0.39 is 11.5 Å². The molecule has 0 aromatic carbocycles. The summed E-state index contributed by atoms with van der Waals surface area (Å²) in [5, 5.41) is 21.7. The molecule has 0 spiro atoms. The van der Waals surface area contributed by atoms with Crippen molar-refractivity contribution in [2.45, 2.75) is 0 Å². The van der Waals surface area contributed by atoms with Crippen LogP contribution in [0.4, 0.5) is 11.5 Å². The quantitative estimate of drug-likeness (QED) is 0.532. The zero-order valence-electron chi connectivity index (χ0n) is 14.1. The van der Waals surface area contributed by atoms with Crippen LogP contribution in [0.2, 0.25) is 0 Å². The number of azo groups is 1. The minimum absolute atomic E-state index is 0.00375. The van der Waals surface area contributed by atoms with Crippen molar-refractivity contribution in [2.75, 3.05) is 7.11 Å². The average Bonchev–Trinajstić information content (AvgIpc) is 3.17. The summed E-state index contributed by atoms with van der Waals surface area (Å²) in [5.74, 6) is -0.982. The van der Waals surface area contributed by atoms with Crippen molar-refractivity contribution in [3.8, 4) is 11.8 Å². The van der Waals surface area contributed by atoms with Crippen molar-refractivity contribution in [1.82, 2.24) is 29.1 Å². The normalized spacial score (nSPS) is 11.2. The van der Waals surface area contributed by atoms with Gasteiger partial charge in [-0.2, -0.15) is 9.78 Å². The van der Waals surface area contributed by atoms with E-state index in [0.29, 0.717) is 0 Å². The fraction of sp³-hybridized carbons (Fsp3) is 0.214. The molecule has 3 aromatic heterocycles. The van der Waals surface area contributed by atoms with Gasteiger partial charge in [-0.1, -0.05) is 0 Å². The predicted octanol–water partition coefficient (Wildman–Crippen LogP) is 0.607. The molecule has 0 bridgehead atoms. The Kier molecular flexibility index (Phi) is 4.31. The third-order valence-corrected chi connectivity index (χ3v) is 3.60. The molecule has 0 aliphatic carbocycles. The topological polar surface area (TPSA) is 142 Å². The average molecular weight is 358 g/mol. The molecule has 134 valence electrons. The van der Waals surface area contributed by atoms with Crippen LogP contribution in [0.15, 0.2) is 39.7 Å². The third kappa shape index (κ3) is 2.72. The number of hydrogen-bond donors (Lipinski definition) is 1. The molecule has 0 aliphatic heterocycles. The number of ether oxygens (including phenoxy) is 1.